The fourth-order valence-electron chi connectivity index (χ4n) is 4.11. The lowest BCUT2D eigenvalue weighted by Gasteiger charge is -2.43. The number of aryl methyl sites for hydroxylation is 1. The van der Waals surface area contributed by atoms with Crippen LogP contribution in [0, 0.1) is 6.92 Å². The summed E-state index contributed by atoms with van der Waals surface area (Å²) in [7, 11) is 0. The minimum atomic E-state index is -1.13. The zero-order valence-electron chi connectivity index (χ0n) is 19.3. The van der Waals surface area contributed by atoms with Gasteiger partial charge < -0.3 is 5.32 Å². The van der Waals surface area contributed by atoms with Gasteiger partial charge in [0.25, 0.3) is 5.91 Å². The van der Waals surface area contributed by atoms with Gasteiger partial charge >= 0.3 is 0 Å². The van der Waals surface area contributed by atoms with E-state index in [1.807, 2.05) is 74.5 Å². The molecule has 0 unspecified atom stereocenters. The van der Waals surface area contributed by atoms with Crippen LogP contribution >= 0.6 is 0 Å². The van der Waals surface area contributed by atoms with Crippen molar-refractivity contribution in [1.29, 1.82) is 0 Å². The molecule has 1 aromatic heterocycles. The molecule has 166 valence electrons. The van der Waals surface area contributed by atoms with Gasteiger partial charge in [-0.05, 0) is 37.1 Å². The molecule has 32 heavy (non-hydrogen) atoms. The molecule has 6 heteroatoms. The summed E-state index contributed by atoms with van der Waals surface area (Å²) in [6, 6.07) is 19.3. The van der Waals surface area contributed by atoms with E-state index in [9.17, 15) is 9.59 Å². The number of nitrogens with one attached hydrogen (secondary N) is 1. The maximum Gasteiger partial charge on any atom is 0.277 e. The molecule has 2 aromatic carbocycles. The number of carbonyl (C=O) groups excluding carboxylic acids is 2. The summed E-state index contributed by atoms with van der Waals surface area (Å²) in [5, 5.41) is 7.75. The Hall–Kier alpha value is -3.41. The maximum atomic E-state index is 13.8. The summed E-state index contributed by atoms with van der Waals surface area (Å²) in [5.41, 5.74) is 2.68. The van der Waals surface area contributed by atoms with Crippen molar-refractivity contribution in [2.24, 2.45) is 0 Å². The first-order valence-electron chi connectivity index (χ1n) is 10.9. The summed E-state index contributed by atoms with van der Waals surface area (Å²) in [5.74, 6) is -0.428. The number of fused-ring (bicyclic) bond motifs is 1. The summed E-state index contributed by atoms with van der Waals surface area (Å²) in [6.45, 7) is 10.6. The second kappa shape index (κ2) is 7.93. The number of rotatable bonds is 4. The van der Waals surface area contributed by atoms with Crippen LogP contribution in [-0.2, 0) is 23.3 Å². The van der Waals surface area contributed by atoms with Crippen molar-refractivity contribution in [3.8, 4) is 0 Å². The van der Waals surface area contributed by atoms with Crippen molar-refractivity contribution in [2.75, 3.05) is 4.90 Å². The van der Waals surface area contributed by atoms with Crippen LogP contribution in [0.5, 0.6) is 0 Å². The number of nitrogens with zero attached hydrogens (tertiary/aromatic N) is 3. The average Bonchev–Trinajstić information content (AvgIpc) is 3.18. The maximum absolute atomic E-state index is 13.8. The van der Waals surface area contributed by atoms with E-state index >= 15 is 0 Å². The van der Waals surface area contributed by atoms with Crippen LogP contribution in [0.15, 0.2) is 60.7 Å². The van der Waals surface area contributed by atoms with Crippen molar-refractivity contribution in [3.63, 3.8) is 0 Å². The SMILES string of the molecule is Cc1ccccc1N1C(=O)c2cc(C(C)(C)C)nn2C[C@]1(C)C(=O)NCc1ccccc1. The number of benzene rings is 2. The number of para-hydroxylation sites is 1. The van der Waals surface area contributed by atoms with Crippen molar-refractivity contribution in [2.45, 2.75) is 58.7 Å². The van der Waals surface area contributed by atoms with Gasteiger partial charge in [-0.2, -0.15) is 5.10 Å². The highest BCUT2D eigenvalue weighted by molar-refractivity contribution is 6.12. The van der Waals surface area contributed by atoms with Gasteiger partial charge in [-0.3, -0.25) is 19.2 Å². The van der Waals surface area contributed by atoms with Crippen molar-refractivity contribution in [3.05, 3.63) is 83.2 Å². The van der Waals surface area contributed by atoms with Crippen LogP contribution in [0.1, 0.15) is 55.0 Å². The average molecular weight is 431 g/mol. The van der Waals surface area contributed by atoms with Gasteiger partial charge in [0.1, 0.15) is 11.2 Å². The molecule has 0 aliphatic carbocycles. The molecule has 2 heterocycles. The van der Waals surface area contributed by atoms with Gasteiger partial charge in [0.2, 0.25) is 5.91 Å². The normalized spacial score (nSPS) is 18.4. The summed E-state index contributed by atoms with van der Waals surface area (Å²) in [4.78, 5) is 29.0. The Morgan fingerprint density at radius 2 is 1.75 bits per heavy atom. The topological polar surface area (TPSA) is 67.2 Å². The van der Waals surface area contributed by atoms with E-state index in [2.05, 4.69) is 26.1 Å². The van der Waals surface area contributed by atoms with E-state index in [1.165, 1.54) is 0 Å². The van der Waals surface area contributed by atoms with Crippen LogP contribution in [0.25, 0.3) is 0 Å². The molecule has 1 aliphatic rings. The summed E-state index contributed by atoms with van der Waals surface area (Å²) in [6.07, 6.45) is 0. The molecule has 1 N–H and O–H groups in total. The number of amides is 2. The minimum absolute atomic E-state index is 0.204. The molecule has 6 nitrogen and oxygen atoms in total. The first kappa shape index (κ1) is 21.8. The Kier molecular flexibility index (Phi) is 5.41. The van der Waals surface area contributed by atoms with E-state index < -0.39 is 5.54 Å². The second-order valence-corrected chi connectivity index (χ2v) is 9.69. The Balaban J connectivity index is 1.77. The van der Waals surface area contributed by atoms with Gasteiger partial charge in [-0.1, -0.05) is 69.3 Å². The fraction of sp³-hybridized carbons (Fsp3) is 0.346. The fourth-order valence-corrected chi connectivity index (χ4v) is 4.11. The molecule has 1 atom stereocenters. The van der Waals surface area contributed by atoms with Crippen molar-refractivity contribution >= 4 is 17.5 Å². The highest BCUT2D eigenvalue weighted by Gasteiger charge is 2.49. The number of hydrogen-bond donors (Lipinski definition) is 1. The van der Waals surface area contributed by atoms with Gasteiger partial charge in [0, 0.05) is 17.6 Å². The Morgan fingerprint density at radius 3 is 2.41 bits per heavy atom. The van der Waals surface area contributed by atoms with Crippen LogP contribution in [-0.4, -0.2) is 27.1 Å². The molecule has 0 saturated carbocycles. The lowest BCUT2D eigenvalue weighted by Crippen LogP contribution is -2.64. The Morgan fingerprint density at radius 1 is 1.09 bits per heavy atom. The quantitative estimate of drug-likeness (QED) is 0.674. The smallest absolute Gasteiger partial charge is 0.277 e. The Bertz CT molecular complexity index is 1160. The highest BCUT2D eigenvalue weighted by atomic mass is 16.2. The van der Waals surface area contributed by atoms with Crippen LogP contribution in [0.4, 0.5) is 5.69 Å². The van der Waals surface area contributed by atoms with Gasteiger partial charge in [0.15, 0.2) is 0 Å². The molecule has 0 saturated heterocycles. The summed E-state index contributed by atoms with van der Waals surface area (Å²) >= 11 is 0. The molecule has 0 radical (unpaired) electrons. The van der Waals surface area contributed by atoms with E-state index in [1.54, 1.807) is 9.58 Å². The number of carbonyl (C=O) groups is 2. The van der Waals surface area contributed by atoms with Crippen LogP contribution in [0.3, 0.4) is 0 Å². The Labute approximate surface area is 189 Å². The first-order valence-corrected chi connectivity index (χ1v) is 10.9. The lowest BCUT2D eigenvalue weighted by atomic mass is 9.91. The molecule has 1 aliphatic heterocycles. The third kappa shape index (κ3) is 3.81. The van der Waals surface area contributed by atoms with Gasteiger partial charge in [-0.25, -0.2) is 0 Å². The zero-order chi connectivity index (χ0) is 23.1. The number of anilines is 1. The standard InChI is InChI=1S/C26H30N4O2/c1-18-11-9-10-14-20(18)30-23(31)21-15-22(25(2,3)4)28-29(21)17-26(30,5)24(32)27-16-19-12-7-6-8-13-19/h6-15H,16-17H2,1-5H3,(H,27,32)/t26-/m1/s1. The minimum Gasteiger partial charge on any atom is -0.350 e. The van der Waals surface area contributed by atoms with E-state index in [0.717, 1.165) is 22.5 Å². The number of hydrogen-bond acceptors (Lipinski definition) is 3. The predicted octanol–water partition coefficient (Wildman–Crippen LogP) is 4.22. The summed E-state index contributed by atoms with van der Waals surface area (Å²) < 4.78 is 1.69. The first-order chi connectivity index (χ1) is 15.1. The number of aromatic nitrogens is 2. The third-order valence-electron chi connectivity index (χ3n) is 6.06. The predicted molar refractivity (Wildman–Crippen MR) is 126 cm³/mol. The van der Waals surface area contributed by atoms with Crippen LogP contribution in [0.2, 0.25) is 0 Å². The molecule has 4 rings (SSSR count). The molecular formula is C26H30N4O2. The van der Waals surface area contributed by atoms with E-state index in [4.69, 9.17) is 5.10 Å². The van der Waals surface area contributed by atoms with Crippen molar-refractivity contribution in [1.82, 2.24) is 15.1 Å². The van der Waals surface area contributed by atoms with E-state index in [-0.39, 0.29) is 23.8 Å². The van der Waals surface area contributed by atoms with Crippen molar-refractivity contribution < 1.29 is 9.59 Å². The molecule has 0 bridgehead atoms. The van der Waals surface area contributed by atoms with Crippen LogP contribution < -0.4 is 10.2 Å². The zero-order valence-corrected chi connectivity index (χ0v) is 19.3. The highest BCUT2D eigenvalue weighted by Crippen LogP contribution is 2.35. The van der Waals surface area contributed by atoms with Gasteiger partial charge in [-0.15, -0.1) is 0 Å². The molecule has 3 aromatic rings. The monoisotopic (exact) mass is 430 g/mol. The molecule has 0 fully saturated rings. The van der Waals surface area contributed by atoms with Gasteiger partial charge in [0.05, 0.1) is 12.2 Å². The lowest BCUT2D eigenvalue weighted by molar-refractivity contribution is -0.126. The second-order valence-electron chi connectivity index (χ2n) is 9.69. The third-order valence-corrected chi connectivity index (χ3v) is 6.06. The molecule has 0 spiro atoms. The largest absolute Gasteiger partial charge is 0.350 e. The van der Waals surface area contributed by atoms with E-state index in [0.29, 0.717) is 12.2 Å². The molecular weight excluding hydrogens is 400 g/mol. The molecule has 2 amide bonds.